The van der Waals surface area contributed by atoms with Crippen molar-refractivity contribution in [3.8, 4) is 0 Å². The molecular weight excluding hydrogens is 200 g/mol. The average molecular weight is 218 g/mol. The summed E-state index contributed by atoms with van der Waals surface area (Å²) >= 11 is 0. The smallest absolute Gasteiger partial charge is 0.241 e. The molecule has 0 bridgehead atoms. The van der Waals surface area contributed by atoms with Gasteiger partial charge in [0.05, 0.1) is 6.54 Å². The Labute approximate surface area is 96.5 Å². The molecule has 0 spiro atoms. The van der Waals surface area contributed by atoms with Gasteiger partial charge in [-0.2, -0.15) is 0 Å². The molecule has 1 aliphatic rings. The highest BCUT2D eigenvalue weighted by atomic mass is 16.2. The van der Waals surface area contributed by atoms with Crippen molar-refractivity contribution in [2.45, 2.75) is 25.8 Å². The molecule has 0 saturated heterocycles. The van der Waals surface area contributed by atoms with Crippen LogP contribution in [0.25, 0.3) is 0 Å². The molecule has 86 valence electrons. The summed E-state index contributed by atoms with van der Waals surface area (Å²) in [6.07, 6.45) is 2.32. The van der Waals surface area contributed by atoms with Crippen LogP contribution in [-0.4, -0.2) is 30.4 Å². The molecule has 0 aromatic heterocycles. The van der Waals surface area contributed by atoms with Crippen molar-refractivity contribution in [1.82, 2.24) is 4.90 Å². The summed E-state index contributed by atoms with van der Waals surface area (Å²) in [5, 5.41) is 3.14. The van der Waals surface area contributed by atoms with Crippen LogP contribution in [0.1, 0.15) is 18.4 Å². The number of hydrogen-bond donors (Lipinski definition) is 1. The Kier molecular flexibility index (Phi) is 3.13. The van der Waals surface area contributed by atoms with E-state index in [1.54, 1.807) is 0 Å². The predicted octanol–water partition coefficient (Wildman–Crippen LogP) is 2.03. The molecule has 0 atom stereocenters. The average Bonchev–Trinajstić information content (AvgIpc) is 3.11. The van der Waals surface area contributed by atoms with E-state index in [2.05, 4.69) is 12.2 Å². The molecule has 0 radical (unpaired) electrons. The zero-order valence-electron chi connectivity index (χ0n) is 9.86. The Morgan fingerprint density at radius 3 is 2.56 bits per heavy atom. The van der Waals surface area contributed by atoms with E-state index < -0.39 is 0 Å². The van der Waals surface area contributed by atoms with Crippen molar-refractivity contribution >= 4 is 11.6 Å². The van der Waals surface area contributed by atoms with Gasteiger partial charge in [0.15, 0.2) is 0 Å². The molecule has 0 aliphatic heterocycles. The van der Waals surface area contributed by atoms with E-state index in [0.717, 1.165) is 18.5 Å². The van der Waals surface area contributed by atoms with Crippen LogP contribution in [0.15, 0.2) is 24.3 Å². The molecular formula is C13H18N2O. The van der Waals surface area contributed by atoms with Crippen LogP contribution in [-0.2, 0) is 4.79 Å². The van der Waals surface area contributed by atoms with E-state index in [4.69, 9.17) is 0 Å². The normalized spacial score (nSPS) is 14.6. The van der Waals surface area contributed by atoms with Gasteiger partial charge in [-0.25, -0.2) is 0 Å². The van der Waals surface area contributed by atoms with Gasteiger partial charge in [0.25, 0.3) is 0 Å². The van der Waals surface area contributed by atoms with Gasteiger partial charge >= 0.3 is 0 Å². The van der Waals surface area contributed by atoms with Crippen molar-refractivity contribution in [2.24, 2.45) is 0 Å². The van der Waals surface area contributed by atoms with Gasteiger partial charge in [-0.3, -0.25) is 4.79 Å². The number of carbonyl (C=O) groups excluding carboxylic acids is 1. The van der Waals surface area contributed by atoms with Gasteiger partial charge in [0, 0.05) is 18.8 Å². The maximum Gasteiger partial charge on any atom is 0.241 e. The summed E-state index contributed by atoms with van der Waals surface area (Å²) < 4.78 is 0. The Bertz CT molecular complexity index is 368. The quantitative estimate of drug-likeness (QED) is 0.838. The summed E-state index contributed by atoms with van der Waals surface area (Å²) in [7, 11) is 1.89. The lowest BCUT2D eigenvalue weighted by Crippen LogP contribution is -2.33. The minimum atomic E-state index is 0.170. The molecule has 3 nitrogen and oxygen atoms in total. The van der Waals surface area contributed by atoms with E-state index in [9.17, 15) is 4.79 Å². The minimum Gasteiger partial charge on any atom is -0.376 e. The van der Waals surface area contributed by atoms with Crippen LogP contribution in [0.2, 0.25) is 0 Å². The Hall–Kier alpha value is -1.51. The Morgan fingerprint density at radius 1 is 1.38 bits per heavy atom. The van der Waals surface area contributed by atoms with Gasteiger partial charge in [-0.15, -0.1) is 0 Å². The zero-order chi connectivity index (χ0) is 11.5. The lowest BCUT2D eigenvalue weighted by molar-refractivity contribution is -0.128. The first-order valence-electron chi connectivity index (χ1n) is 5.73. The summed E-state index contributed by atoms with van der Waals surface area (Å²) in [5.41, 5.74) is 2.23. The van der Waals surface area contributed by atoms with Crippen molar-refractivity contribution in [3.05, 3.63) is 29.8 Å². The topological polar surface area (TPSA) is 32.3 Å². The summed E-state index contributed by atoms with van der Waals surface area (Å²) in [5.74, 6) is 0.170. The van der Waals surface area contributed by atoms with E-state index in [1.165, 1.54) is 5.56 Å². The SMILES string of the molecule is Cc1ccc(NCC(=O)N(C)C2CC2)cc1. The largest absolute Gasteiger partial charge is 0.376 e. The molecule has 1 aliphatic carbocycles. The number of benzene rings is 1. The fourth-order valence-corrected chi connectivity index (χ4v) is 1.64. The van der Waals surface area contributed by atoms with Gasteiger partial charge in [0.2, 0.25) is 5.91 Å². The second-order valence-corrected chi connectivity index (χ2v) is 4.46. The number of nitrogens with zero attached hydrogens (tertiary/aromatic N) is 1. The van der Waals surface area contributed by atoms with Crippen LogP contribution in [0.5, 0.6) is 0 Å². The van der Waals surface area contributed by atoms with Crippen LogP contribution in [0.3, 0.4) is 0 Å². The minimum absolute atomic E-state index is 0.170. The van der Waals surface area contributed by atoms with Crippen molar-refractivity contribution in [2.75, 3.05) is 18.9 Å². The van der Waals surface area contributed by atoms with Gasteiger partial charge < -0.3 is 10.2 Å². The number of anilines is 1. The maximum absolute atomic E-state index is 11.7. The molecule has 2 rings (SSSR count). The van der Waals surface area contributed by atoms with Gasteiger partial charge in [-0.1, -0.05) is 17.7 Å². The fourth-order valence-electron chi connectivity index (χ4n) is 1.64. The first-order valence-corrected chi connectivity index (χ1v) is 5.73. The van der Waals surface area contributed by atoms with E-state index in [0.29, 0.717) is 12.6 Å². The molecule has 1 saturated carbocycles. The van der Waals surface area contributed by atoms with Gasteiger partial charge in [-0.05, 0) is 31.9 Å². The number of nitrogens with one attached hydrogen (secondary N) is 1. The standard InChI is InChI=1S/C13H18N2O/c1-10-3-5-11(6-4-10)14-9-13(16)15(2)12-7-8-12/h3-6,12,14H,7-9H2,1-2H3. The molecule has 0 heterocycles. The molecule has 1 fully saturated rings. The van der Waals surface area contributed by atoms with Crippen LogP contribution in [0, 0.1) is 6.92 Å². The predicted molar refractivity (Wildman–Crippen MR) is 65.5 cm³/mol. The Balaban J connectivity index is 1.82. The highest BCUT2D eigenvalue weighted by molar-refractivity contribution is 5.81. The lowest BCUT2D eigenvalue weighted by atomic mass is 10.2. The third-order valence-electron chi connectivity index (χ3n) is 2.98. The van der Waals surface area contributed by atoms with E-state index >= 15 is 0 Å². The number of aryl methyl sites for hydroxylation is 1. The number of carbonyl (C=O) groups is 1. The van der Waals surface area contributed by atoms with Crippen LogP contribution in [0.4, 0.5) is 5.69 Å². The third-order valence-corrected chi connectivity index (χ3v) is 2.98. The molecule has 1 aromatic rings. The summed E-state index contributed by atoms with van der Waals surface area (Å²) in [4.78, 5) is 13.6. The first kappa shape index (κ1) is 11.0. The third kappa shape index (κ3) is 2.75. The lowest BCUT2D eigenvalue weighted by Gasteiger charge is -2.16. The first-order chi connectivity index (χ1) is 7.66. The number of likely N-dealkylation sites (N-methyl/N-ethyl adjacent to an activating group) is 1. The zero-order valence-corrected chi connectivity index (χ0v) is 9.86. The van der Waals surface area contributed by atoms with E-state index in [-0.39, 0.29) is 5.91 Å². The number of hydrogen-bond acceptors (Lipinski definition) is 2. The van der Waals surface area contributed by atoms with Crippen molar-refractivity contribution in [3.63, 3.8) is 0 Å². The van der Waals surface area contributed by atoms with Crippen molar-refractivity contribution in [1.29, 1.82) is 0 Å². The van der Waals surface area contributed by atoms with Gasteiger partial charge in [0.1, 0.15) is 0 Å². The van der Waals surface area contributed by atoms with Crippen molar-refractivity contribution < 1.29 is 4.79 Å². The van der Waals surface area contributed by atoms with Crippen LogP contribution >= 0.6 is 0 Å². The van der Waals surface area contributed by atoms with Crippen LogP contribution < -0.4 is 5.32 Å². The summed E-state index contributed by atoms with van der Waals surface area (Å²) in [6, 6.07) is 8.57. The molecule has 3 heteroatoms. The highest BCUT2D eigenvalue weighted by Gasteiger charge is 2.29. The molecule has 0 unspecified atom stereocenters. The molecule has 16 heavy (non-hydrogen) atoms. The van der Waals surface area contributed by atoms with E-state index in [1.807, 2.05) is 36.2 Å². The maximum atomic E-state index is 11.7. The molecule has 1 aromatic carbocycles. The monoisotopic (exact) mass is 218 g/mol. The second-order valence-electron chi connectivity index (χ2n) is 4.46. The number of amides is 1. The molecule has 1 N–H and O–H groups in total. The Morgan fingerprint density at radius 2 is 2.00 bits per heavy atom. The highest BCUT2D eigenvalue weighted by Crippen LogP contribution is 2.25. The molecule has 1 amide bonds. The second kappa shape index (κ2) is 4.56. The number of rotatable bonds is 4. The summed E-state index contributed by atoms with van der Waals surface area (Å²) in [6.45, 7) is 2.44. The fraction of sp³-hybridized carbons (Fsp3) is 0.462.